The third-order valence-corrected chi connectivity index (χ3v) is 2.73. The van der Waals surface area contributed by atoms with Crippen molar-refractivity contribution < 1.29 is 17.6 Å². The Balaban J connectivity index is 1.85. The van der Waals surface area contributed by atoms with E-state index in [9.17, 15) is 13.2 Å². The molecule has 20 heavy (non-hydrogen) atoms. The molecule has 0 unspecified atom stereocenters. The minimum absolute atomic E-state index is 0.0614. The van der Waals surface area contributed by atoms with E-state index in [1.54, 1.807) is 12.1 Å². The molecule has 1 amide bonds. The molecule has 0 saturated carbocycles. The first-order chi connectivity index (χ1) is 9.42. The van der Waals surface area contributed by atoms with Crippen molar-refractivity contribution in [3.63, 3.8) is 0 Å². The molecule has 0 bridgehead atoms. The molecule has 0 aliphatic rings. The maximum Gasteiger partial charge on any atom is 0.243 e. The van der Waals surface area contributed by atoms with Gasteiger partial charge in [-0.3, -0.25) is 9.52 Å². The predicted molar refractivity (Wildman–Crippen MR) is 69.0 cm³/mol. The topological polar surface area (TPSA) is 119 Å². The summed E-state index contributed by atoms with van der Waals surface area (Å²) in [5.41, 5.74) is 0. The van der Waals surface area contributed by atoms with Crippen molar-refractivity contribution in [2.75, 3.05) is 11.0 Å². The molecule has 2 heterocycles. The number of rotatable bonds is 6. The van der Waals surface area contributed by atoms with Gasteiger partial charge in [0.25, 0.3) is 0 Å². The second kappa shape index (κ2) is 5.74. The lowest BCUT2D eigenvalue weighted by molar-refractivity contribution is -0.122. The molecule has 2 aromatic rings. The molecule has 0 radical (unpaired) electrons. The number of aromatic nitrogens is 3. The fraction of sp³-hybridized carbons (Fsp3) is 0.300. The standard InChI is InChI=1S/C10H13N5O4S/c1-20(17,18)14-9-6-12-15(13-9)7-10(16)11-5-8-3-2-4-19-8/h2-4,6H,5,7H2,1H3,(H,11,16)(H,13,14). The van der Waals surface area contributed by atoms with Crippen LogP contribution in [-0.2, 0) is 27.9 Å². The van der Waals surface area contributed by atoms with Gasteiger partial charge in [-0.1, -0.05) is 0 Å². The molecule has 2 N–H and O–H groups in total. The quantitative estimate of drug-likeness (QED) is 0.746. The van der Waals surface area contributed by atoms with Gasteiger partial charge in [0.2, 0.25) is 15.9 Å². The Labute approximate surface area is 115 Å². The summed E-state index contributed by atoms with van der Waals surface area (Å²) in [4.78, 5) is 12.7. The molecule has 0 aliphatic carbocycles. The number of furan rings is 1. The molecule has 0 aliphatic heterocycles. The van der Waals surface area contributed by atoms with Crippen LogP contribution < -0.4 is 10.0 Å². The second-order valence-electron chi connectivity index (χ2n) is 3.99. The molecule has 2 aromatic heterocycles. The fourth-order valence-electron chi connectivity index (χ4n) is 1.39. The van der Waals surface area contributed by atoms with E-state index in [1.165, 1.54) is 12.5 Å². The Hall–Kier alpha value is -2.36. The van der Waals surface area contributed by atoms with Gasteiger partial charge in [-0.15, -0.1) is 5.10 Å². The molecule has 0 fully saturated rings. The summed E-state index contributed by atoms with van der Waals surface area (Å²) < 4.78 is 29.2. The highest BCUT2D eigenvalue weighted by Crippen LogP contribution is 2.01. The van der Waals surface area contributed by atoms with Crippen molar-refractivity contribution in [3.05, 3.63) is 30.4 Å². The highest BCUT2D eigenvalue weighted by Gasteiger charge is 2.09. The first-order valence-corrected chi connectivity index (χ1v) is 7.48. The molecule has 2 rings (SSSR count). The van der Waals surface area contributed by atoms with Crippen molar-refractivity contribution in [1.29, 1.82) is 0 Å². The van der Waals surface area contributed by atoms with Gasteiger partial charge in [0.1, 0.15) is 12.3 Å². The van der Waals surface area contributed by atoms with Crippen LogP contribution in [0.15, 0.2) is 29.0 Å². The first-order valence-electron chi connectivity index (χ1n) is 5.59. The Morgan fingerprint density at radius 3 is 2.95 bits per heavy atom. The summed E-state index contributed by atoms with van der Waals surface area (Å²) in [5, 5.41) is 10.2. The average Bonchev–Trinajstić information content (AvgIpc) is 2.96. The molecule has 0 spiro atoms. The number of hydrogen-bond acceptors (Lipinski definition) is 6. The van der Waals surface area contributed by atoms with Crippen molar-refractivity contribution in [3.8, 4) is 0 Å². The van der Waals surface area contributed by atoms with Crippen LogP contribution in [0.4, 0.5) is 5.82 Å². The predicted octanol–water partition coefficient (Wildman–Crippen LogP) is -0.441. The Morgan fingerprint density at radius 2 is 2.30 bits per heavy atom. The van der Waals surface area contributed by atoms with E-state index in [4.69, 9.17) is 4.42 Å². The molecule has 108 valence electrons. The summed E-state index contributed by atoms with van der Waals surface area (Å²) in [6.07, 6.45) is 3.74. The molecular weight excluding hydrogens is 286 g/mol. The number of nitrogens with zero attached hydrogens (tertiary/aromatic N) is 3. The van der Waals surface area contributed by atoms with Crippen LogP contribution in [-0.4, -0.2) is 35.6 Å². The largest absolute Gasteiger partial charge is 0.467 e. The average molecular weight is 299 g/mol. The van der Waals surface area contributed by atoms with Gasteiger partial charge in [-0.05, 0) is 12.1 Å². The van der Waals surface area contributed by atoms with Crippen molar-refractivity contribution in [2.45, 2.75) is 13.1 Å². The van der Waals surface area contributed by atoms with Gasteiger partial charge in [0.05, 0.1) is 25.3 Å². The normalized spacial score (nSPS) is 11.2. The number of sulfonamides is 1. The van der Waals surface area contributed by atoms with Crippen LogP contribution in [0.25, 0.3) is 0 Å². The first kappa shape index (κ1) is 14.1. The smallest absolute Gasteiger partial charge is 0.243 e. The SMILES string of the molecule is CS(=O)(=O)Nc1cnn(CC(=O)NCc2ccco2)n1. The van der Waals surface area contributed by atoms with Crippen molar-refractivity contribution >= 4 is 21.7 Å². The highest BCUT2D eigenvalue weighted by atomic mass is 32.2. The van der Waals surface area contributed by atoms with Gasteiger partial charge < -0.3 is 9.73 Å². The lowest BCUT2D eigenvalue weighted by atomic mass is 10.4. The van der Waals surface area contributed by atoms with Crippen molar-refractivity contribution in [1.82, 2.24) is 20.3 Å². The summed E-state index contributed by atoms with van der Waals surface area (Å²) >= 11 is 0. The third-order valence-electron chi connectivity index (χ3n) is 2.15. The molecule has 0 saturated heterocycles. The van der Waals surface area contributed by atoms with E-state index in [0.29, 0.717) is 5.76 Å². The number of carbonyl (C=O) groups excluding carboxylic acids is 1. The van der Waals surface area contributed by atoms with E-state index in [0.717, 1.165) is 11.1 Å². The van der Waals surface area contributed by atoms with E-state index in [-0.39, 0.29) is 24.8 Å². The van der Waals surface area contributed by atoms with Gasteiger partial charge in [0, 0.05) is 0 Å². The van der Waals surface area contributed by atoms with Crippen LogP contribution >= 0.6 is 0 Å². The summed E-state index contributed by atoms with van der Waals surface area (Å²) in [5.74, 6) is 0.375. The lowest BCUT2D eigenvalue weighted by Crippen LogP contribution is -2.27. The monoisotopic (exact) mass is 299 g/mol. The Kier molecular flexibility index (Phi) is 4.03. The van der Waals surface area contributed by atoms with Crippen LogP contribution in [0.2, 0.25) is 0 Å². The number of hydrogen-bond donors (Lipinski definition) is 2. The van der Waals surface area contributed by atoms with Crippen molar-refractivity contribution in [2.24, 2.45) is 0 Å². The number of carbonyl (C=O) groups is 1. The van der Waals surface area contributed by atoms with Gasteiger partial charge >= 0.3 is 0 Å². The van der Waals surface area contributed by atoms with E-state index >= 15 is 0 Å². The van der Waals surface area contributed by atoms with Crippen LogP contribution in [0.3, 0.4) is 0 Å². The second-order valence-corrected chi connectivity index (χ2v) is 5.74. The van der Waals surface area contributed by atoms with Crippen LogP contribution in [0.5, 0.6) is 0 Å². The lowest BCUT2D eigenvalue weighted by Gasteiger charge is -2.02. The Bertz CT molecular complexity index is 676. The van der Waals surface area contributed by atoms with Gasteiger partial charge in [-0.25, -0.2) is 8.42 Å². The zero-order valence-electron chi connectivity index (χ0n) is 10.6. The fourth-order valence-corrected chi connectivity index (χ4v) is 1.87. The maximum atomic E-state index is 11.6. The maximum absolute atomic E-state index is 11.6. The molecular formula is C10H13N5O4S. The Morgan fingerprint density at radius 1 is 1.50 bits per heavy atom. The molecule has 0 atom stereocenters. The van der Waals surface area contributed by atoms with Crippen LogP contribution in [0, 0.1) is 0 Å². The summed E-state index contributed by atoms with van der Waals surface area (Å²) in [6.45, 7) is 0.147. The van der Waals surface area contributed by atoms with Gasteiger partial charge in [-0.2, -0.15) is 9.90 Å². The molecule has 9 nitrogen and oxygen atoms in total. The van der Waals surface area contributed by atoms with Gasteiger partial charge in [0.15, 0.2) is 5.82 Å². The van der Waals surface area contributed by atoms with E-state index in [1.807, 2.05) is 0 Å². The number of amides is 1. The molecule has 0 aromatic carbocycles. The third kappa shape index (κ3) is 4.39. The van der Waals surface area contributed by atoms with E-state index < -0.39 is 10.0 Å². The summed E-state index contributed by atoms with van der Waals surface area (Å²) in [6, 6.07) is 3.46. The zero-order chi connectivity index (χ0) is 14.6. The minimum atomic E-state index is -3.41. The number of nitrogens with one attached hydrogen (secondary N) is 2. The zero-order valence-corrected chi connectivity index (χ0v) is 11.4. The number of anilines is 1. The highest BCUT2D eigenvalue weighted by molar-refractivity contribution is 7.92. The van der Waals surface area contributed by atoms with Crippen LogP contribution in [0.1, 0.15) is 5.76 Å². The molecule has 10 heteroatoms. The van der Waals surface area contributed by atoms with E-state index in [2.05, 4.69) is 20.2 Å². The summed E-state index contributed by atoms with van der Waals surface area (Å²) in [7, 11) is -3.41. The minimum Gasteiger partial charge on any atom is -0.467 e.